The van der Waals surface area contributed by atoms with Crippen molar-refractivity contribution in [2.45, 2.75) is 12.5 Å². The molecule has 0 aliphatic carbocycles. The number of benzene rings is 1. The Kier molecular flexibility index (Phi) is 5.36. The Bertz CT molecular complexity index is 521. The van der Waals surface area contributed by atoms with Gasteiger partial charge in [-0.25, -0.2) is 9.59 Å². The maximum Gasteiger partial charge on any atom is 0.573 e. The number of hydrogen-bond donors (Lipinski definition) is 4. The minimum absolute atomic E-state index is 0.267. The SMILES string of the molecule is O=C(NCC(O)C(=O)O)Nc1ccccc1OC(F)(F)F. The average molecular weight is 308 g/mol. The number of carbonyl (C=O) groups excluding carboxylic acids is 1. The summed E-state index contributed by atoms with van der Waals surface area (Å²) in [4.78, 5) is 21.7. The molecular formula is C11H11F3N2O5. The lowest BCUT2D eigenvalue weighted by atomic mass is 10.3. The number of aliphatic hydroxyl groups excluding tert-OH is 1. The summed E-state index contributed by atoms with van der Waals surface area (Å²) >= 11 is 0. The topological polar surface area (TPSA) is 108 Å². The third-order valence-corrected chi connectivity index (χ3v) is 2.10. The smallest absolute Gasteiger partial charge is 0.479 e. The Balaban J connectivity index is 2.66. The number of para-hydroxylation sites is 2. The molecule has 0 aliphatic rings. The number of carbonyl (C=O) groups is 2. The van der Waals surface area contributed by atoms with Crippen LogP contribution in [-0.2, 0) is 4.79 Å². The molecule has 1 rings (SSSR count). The summed E-state index contributed by atoms with van der Waals surface area (Å²) in [6, 6.07) is 3.81. The van der Waals surface area contributed by atoms with E-state index in [4.69, 9.17) is 10.2 Å². The van der Waals surface area contributed by atoms with Gasteiger partial charge in [0.1, 0.15) is 0 Å². The van der Waals surface area contributed by atoms with Crippen LogP contribution in [0.2, 0.25) is 0 Å². The van der Waals surface area contributed by atoms with Crippen molar-refractivity contribution in [1.29, 1.82) is 0 Å². The van der Waals surface area contributed by atoms with Crippen molar-refractivity contribution >= 4 is 17.7 Å². The fourth-order valence-electron chi connectivity index (χ4n) is 1.23. The zero-order valence-electron chi connectivity index (χ0n) is 10.3. The van der Waals surface area contributed by atoms with E-state index in [0.29, 0.717) is 0 Å². The molecule has 4 N–H and O–H groups in total. The minimum Gasteiger partial charge on any atom is -0.479 e. The van der Waals surface area contributed by atoms with Gasteiger partial charge < -0.3 is 25.6 Å². The Morgan fingerprint density at radius 1 is 1.29 bits per heavy atom. The molecule has 0 aliphatic heterocycles. The van der Waals surface area contributed by atoms with E-state index in [-0.39, 0.29) is 5.69 Å². The number of alkyl halides is 3. The van der Waals surface area contributed by atoms with Gasteiger partial charge in [-0.15, -0.1) is 13.2 Å². The van der Waals surface area contributed by atoms with Gasteiger partial charge in [0.2, 0.25) is 0 Å². The van der Waals surface area contributed by atoms with Crippen LogP contribution in [0.3, 0.4) is 0 Å². The van der Waals surface area contributed by atoms with E-state index in [1.807, 2.05) is 10.6 Å². The molecule has 10 heteroatoms. The number of carboxylic acids is 1. The number of nitrogens with one attached hydrogen (secondary N) is 2. The number of aliphatic hydroxyl groups is 1. The summed E-state index contributed by atoms with van der Waals surface area (Å²) in [7, 11) is 0. The van der Waals surface area contributed by atoms with E-state index in [0.717, 1.165) is 12.1 Å². The molecule has 0 spiro atoms. The maximum atomic E-state index is 12.2. The predicted molar refractivity (Wildman–Crippen MR) is 63.8 cm³/mol. The molecule has 0 saturated carbocycles. The zero-order valence-corrected chi connectivity index (χ0v) is 10.3. The molecule has 0 saturated heterocycles. The first-order chi connectivity index (χ1) is 9.69. The van der Waals surface area contributed by atoms with Gasteiger partial charge in [0.05, 0.1) is 12.2 Å². The highest BCUT2D eigenvalue weighted by molar-refractivity contribution is 5.91. The summed E-state index contributed by atoms with van der Waals surface area (Å²) in [5, 5.41) is 21.4. The van der Waals surface area contributed by atoms with Crippen LogP contribution >= 0.6 is 0 Å². The highest BCUT2D eigenvalue weighted by atomic mass is 19.4. The summed E-state index contributed by atoms with van der Waals surface area (Å²) in [6.45, 7) is -0.608. The number of carboxylic acid groups (broad SMARTS) is 1. The second kappa shape index (κ2) is 6.79. The van der Waals surface area contributed by atoms with Crippen LogP contribution in [0.25, 0.3) is 0 Å². The second-order valence-corrected chi connectivity index (χ2v) is 3.73. The molecule has 116 valence electrons. The molecule has 0 heterocycles. The number of rotatable bonds is 5. The number of aliphatic carboxylic acids is 1. The lowest BCUT2D eigenvalue weighted by molar-refractivity contribution is -0.274. The zero-order chi connectivity index (χ0) is 16.0. The summed E-state index contributed by atoms with van der Waals surface area (Å²) < 4.78 is 40.2. The van der Waals surface area contributed by atoms with Crippen molar-refractivity contribution in [3.8, 4) is 5.75 Å². The van der Waals surface area contributed by atoms with E-state index >= 15 is 0 Å². The van der Waals surface area contributed by atoms with Gasteiger partial charge in [-0.1, -0.05) is 12.1 Å². The van der Waals surface area contributed by atoms with Crippen LogP contribution in [0.1, 0.15) is 0 Å². The fourth-order valence-corrected chi connectivity index (χ4v) is 1.23. The molecule has 21 heavy (non-hydrogen) atoms. The molecule has 0 aromatic heterocycles. The lowest BCUT2D eigenvalue weighted by Gasteiger charge is -2.14. The Hall–Kier alpha value is -2.49. The molecular weight excluding hydrogens is 297 g/mol. The van der Waals surface area contributed by atoms with E-state index in [9.17, 15) is 22.8 Å². The molecule has 1 unspecified atom stereocenters. The summed E-state index contributed by atoms with van der Waals surface area (Å²) in [6.07, 6.45) is -6.74. The summed E-state index contributed by atoms with van der Waals surface area (Å²) in [5.74, 6) is -2.17. The first-order valence-electron chi connectivity index (χ1n) is 5.49. The van der Waals surface area contributed by atoms with Crippen molar-refractivity contribution in [3.05, 3.63) is 24.3 Å². The van der Waals surface area contributed by atoms with Crippen LogP contribution in [0, 0.1) is 0 Å². The second-order valence-electron chi connectivity index (χ2n) is 3.73. The standard InChI is InChI=1S/C11H11F3N2O5/c12-11(13,14)21-8-4-2-1-3-6(8)16-10(20)15-5-7(17)9(18)19/h1-4,7,17H,5H2,(H,18,19)(H2,15,16,20). The third-order valence-electron chi connectivity index (χ3n) is 2.10. The van der Waals surface area contributed by atoms with E-state index in [1.54, 1.807) is 0 Å². The molecule has 1 aromatic carbocycles. The first-order valence-corrected chi connectivity index (χ1v) is 5.49. The normalized spacial score (nSPS) is 12.4. The van der Waals surface area contributed by atoms with Crippen molar-refractivity contribution in [2.24, 2.45) is 0 Å². The van der Waals surface area contributed by atoms with Crippen molar-refractivity contribution < 1.29 is 37.7 Å². The van der Waals surface area contributed by atoms with Crippen LogP contribution in [0.4, 0.5) is 23.7 Å². The quantitative estimate of drug-likeness (QED) is 0.652. The van der Waals surface area contributed by atoms with Crippen LogP contribution in [0.15, 0.2) is 24.3 Å². The highest BCUT2D eigenvalue weighted by Crippen LogP contribution is 2.29. The van der Waals surface area contributed by atoms with Gasteiger partial charge >= 0.3 is 18.4 Å². The number of anilines is 1. The highest BCUT2D eigenvalue weighted by Gasteiger charge is 2.32. The molecule has 0 bridgehead atoms. The van der Waals surface area contributed by atoms with Gasteiger partial charge in [-0.3, -0.25) is 0 Å². The molecule has 2 amide bonds. The molecule has 1 aromatic rings. The van der Waals surface area contributed by atoms with Crippen LogP contribution in [-0.4, -0.2) is 41.2 Å². The number of amides is 2. The van der Waals surface area contributed by atoms with Crippen LogP contribution < -0.4 is 15.4 Å². The maximum absolute atomic E-state index is 12.2. The fraction of sp³-hybridized carbons (Fsp3) is 0.273. The third kappa shape index (κ3) is 5.99. The Morgan fingerprint density at radius 2 is 1.90 bits per heavy atom. The largest absolute Gasteiger partial charge is 0.573 e. The number of hydrogen-bond acceptors (Lipinski definition) is 4. The van der Waals surface area contributed by atoms with E-state index < -0.39 is 36.8 Å². The molecule has 0 fully saturated rings. The van der Waals surface area contributed by atoms with Gasteiger partial charge in [0.25, 0.3) is 0 Å². The monoisotopic (exact) mass is 308 g/mol. The number of urea groups is 1. The van der Waals surface area contributed by atoms with E-state index in [2.05, 4.69) is 4.74 Å². The Morgan fingerprint density at radius 3 is 2.48 bits per heavy atom. The van der Waals surface area contributed by atoms with Gasteiger partial charge in [0, 0.05) is 0 Å². The minimum atomic E-state index is -4.92. The number of ether oxygens (including phenoxy) is 1. The molecule has 7 nitrogen and oxygen atoms in total. The van der Waals surface area contributed by atoms with Crippen molar-refractivity contribution in [1.82, 2.24) is 5.32 Å². The van der Waals surface area contributed by atoms with E-state index in [1.165, 1.54) is 12.1 Å². The van der Waals surface area contributed by atoms with Gasteiger partial charge in [-0.05, 0) is 12.1 Å². The summed E-state index contributed by atoms with van der Waals surface area (Å²) in [5.41, 5.74) is -0.267. The van der Waals surface area contributed by atoms with Crippen molar-refractivity contribution in [2.75, 3.05) is 11.9 Å². The predicted octanol–water partition coefficient (Wildman–Crippen LogP) is 1.15. The van der Waals surface area contributed by atoms with Gasteiger partial charge in [0.15, 0.2) is 11.9 Å². The first kappa shape index (κ1) is 16.6. The van der Waals surface area contributed by atoms with Gasteiger partial charge in [-0.2, -0.15) is 0 Å². The Labute approximate surface area is 116 Å². The molecule has 0 radical (unpaired) electrons. The van der Waals surface area contributed by atoms with Crippen molar-refractivity contribution in [3.63, 3.8) is 0 Å². The number of halogens is 3. The lowest BCUT2D eigenvalue weighted by Crippen LogP contribution is -2.38. The average Bonchev–Trinajstić information content (AvgIpc) is 2.36. The van der Waals surface area contributed by atoms with Crippen LogP contribution in [0.5, 0.6) is 5.75 Å². The molecule has 1 atom stereocenters.